The molecule has 0 aliphatic carbocycles. The van der Waals surface area contributed by atoms with Gasteiger partial charge >= 0.3 is 0 Å². The molecule has 7 heteroatoms. The van der Waals surface area contributed by atoms with Gasteiger partial charge in [-0.2, -0.15) is 4.98 Å². The first-order valence-electron chi connectivity index (χ1n) is 8.82. The van der Waals surface area contributed by atoms with E-state index < -0.39 is 0 Å². The van der Waals surface area contributed by atoms with E-state index in [-0.39, 0.29) is 17.8 Å². The van der Waals surface area contributed by atoms with Crippen LogP contribution in [0.3, 0.4) is 0 Å². The number of thiazole rings is 1. The van der Waals surface area contributed by atoms with Crippen molar-refractivity contribution >= 4 is 39.1 Å². The zero-order valence-corrected chi connectivity index (χ0v) is 16.1. The Bertz CT molecular complexity index is 952. The van der Waals surface area contributed by atoms with E-state index >= 15 is 0 Å². The average molecular weight is 405 g/mol. The first-order valence-corrected chi connectivity index (χ1v) is 10.0. The van der Waals surface area contributed by atoms with Crippen LogP contribution in [-0.2, 0) is 11.2 Å². The molecule has 4 rings (SSSR count). The number of hydrogen-bond acceptors (Lipinski definition) is 4. The molecule has 0 spiro atoms. The molecular weight excluding hydrogens is 387 g/mol. The molecule has 2 heterocycles. The van der Waals surface area contributed by atoms with Gasteiger partial charge in [0.05, 0.1) is 11.1 Å². The fraction of sp³-hybridized carbons (Fsp3) is 0.300. The maximum absolute atomic E-state index is 13.8. The van der Waals surface area contributed by atoms with Gasteiger partial charge < -0.3 is 9.64 Å². The second kappa shape index (κ2) is 7.82. The van der Waals surface area contributed by atoms with E-state index in [4.69, 9.17) is 16.3 Å². The Hall–Kier alpha value is -2.18. The molecule has 4 nitrogen and oxygen atoms in total. The SMILES string of the molecule is O=C(Cc1ccc(Cl)cc1)N1CCC(Oc2nc3c(F)cccc3s2)CC1. The smallest absolute Gasteiger partial charge is 0.274 e. The molecule has 1 saturated heterocycles. The van der Waals surface area contributed by atoms with E-state index in [1.807, 2.05) is 23.1 Å². The van der Waals surface area contributed by atoms with Crippen LogP contribution in [0.15, 0.2) is 42.5 Å². The molecule has 0 saturated carbocycles. The Morgan fingerprint density at radius 3 is 2.67 bits per heavy atom. The van der Waals surface area contributed by atoms with Gasteiger partial charge in [-0.3, -0.25) is 4.79 Å². The Morgan fingerprint density at radius 1 is 1.22 bits per heavy atom. The molecule has 0 unspecified atom stereocenters. The van der Waals surface area contributed by atoms with E-state index in [0.717, 1.165) is 23.1 Å². The third kappa shape index (κ3) is 4.22. The zero-order valence-electron chi connectivity index (χ0n) is 14.5. The van der Waals surface area contributed by atoms with Gasteiger partial charge in [0.1, 0.15) is 17.4 Å². The molecule has 2 aromatic carbocycles. The van der Waals surface area contributed by atoms with Crippen molar-refractivity contribution in [3.63, 3.8) is 0 Å². The van der Waals surface area contributed by atoms with Crippen molar-refractivity contribution in [3.05, 3.63) is 58.9 Å². The van der Waals surface area contributed by atoms with Gasteiger partial charge in [-0.15, -0.1) is 0 Å². The highest BCUT2D eigenvalue weighted by atomic mass is 35.5. The van der Waals surface area contributed by atoms with Gasteiger partial charge in [0.15, 0.2) is 0 Å². The van der Waals surface area contributed by atoms with Crippen molar-refractivity contribution in [2.24, 2.45) is 0 Å². The summed E-state index contributed by atoms with van der Waals surface area (Å²) < 4.78 is 20.5. The molecule has 140 valence electrons. The highest BCUT2D eigenvalue weighted by Crippen LogP contribution is 2.31. The molecule has 0 N–H and O–H groups in total. The molecule has 0 atom stereocenters. The normalized spacial score (nSPS) is 15.3. The minimum atomic E-state index is -0.332. The summed E-state index contributed by atoms with van der Waals surface area (Å²) in [6, 6.07) is 12.3. The van der Waals surface area contributed by atoms with E-state index in [2.05, 4.69) is 4.98 Å². The highest BCUT2D eigenvalue weighted by molar-refractivity contribution is 7.20. The quantitative estimate of drug-likeness (QED) is 0.632. The standard InChI is InChI=1S/C20H18ClFN2O2S/c21-14-6-4-13(5-7-14)12-18(25)24-10-8-15(9-11-24)26-20-23-19-16(22)2-1-3-17(19)27-20/h1-7,15H,8-12H2. The van der Waals surface area contributed by atoms with Crippen molar-refractivity contribution in [2.45, 2.75) is 25.4 Å². The lowest BCUT2D eigenvalue weighted by Crippen LogP contribution is -2.42. The fourth-order valence-corrected chi connectivity index (χ4v) is 4.22. The average Bonchev–Trinajstić information content (AvgIpc) is 3.08. The molecule has 1 aliphatic rings. The summed E-state index contributed by atoms with van der Waals surface area (Å²) in [7, 11) is 0. The molecule has 27 heavy (non-hydrogen) atoms. The number of carbonyl (C=O) groups excluding carboxylic acids is 1. The summed E-state index contributed by atoms with van der Waals surface area (Å²) in [5.41, 5.74) is 1.31. The number of amides is 1. The summed E-state index contributed by atoms with van der Waals surface area (Å²) in [4.78, 5) is 18.6. The van der Waals surface area contributed by atoms with Gasteiger partial charge in [0, 0.05) is 31.0 Å². The van der Waals surface area contributed by atoms with E-state index in [9.17, 15) is 9.18 Å². The number of ether oxygens (including phenoxy) is 1. The summed E-state index contributed by atoms with van der Waals surface area (Å²) in [5.74, 6) is -0.223. The van der Waals surface area contributed by atoms with Crippen molar-refractivity contribution in [1.82, 2.24) is 9.88 Å². The Kier molecular flexibility index (Phi) is 5.27. The second-order valence-corrected chi connectivity index (χ2v) is 8.00. The fourth-order valence-electron chi connectivity index (χ4n) is 3.20. The van der Waals surface area contributed by atoms with E-state index in [1.54, 1.807) is 18.2 Å². The van der Waals surface area contributed by atoms with Crippen LogP contribution >= 0.6 is 22.9 Å². The van der Waals surface area contributed by atoms with Crippen LogP contribution in [0.5, 0.6) is 5.19 Å². The molecule has 3 aromatic rings. The lowest BCUT2D eigenvalue weighted by molar-refractivity contribution is -0.132. The summed E-state index contributed by atoms with van der Waals surface area (Å²) in [6.07, 6.45) is 1.85. The Labute approximate surface area is 165 Å². The number of halogens is 2. The number of carbonyl (C=O) groups is 1. The van der Waals surface area contributed by atoms with Crippen molar-refractivity contribution in [1.29, 1.82) is 0 Å². The van der Waals surface area contributed by atoms with Crippen LogP contribution in [0.25, 0.3) is 10.2 Å². The number of likely N-dealkylation sites (tertiary alicyclic amines) is 1. The molecule has 0 bridgehead atoms. The number of aromatic nitrogens is 1. The van der Waals surface area contributed by atoms with Crippen LogP contribution in [0.4, 0.5) is 4.39 Å². The van der Waals surface area contributed by atoms with Crippen molar-refractivity contribution in [2.75, 3.05) is 13.1 Å². The lowest BCUT2D eigenvalue weighted by Gasteiger charge is -2.31. The zero-order chi connectivity index (χ0) is 18.8. The van der Waals surface area contributed by atoms with Crippen LogP contribution in [0.2, 0.25) is 5.02 Å². The molecule has 1 amide bonds. The number of hydrogen-bond donors (Lipinski definition) is 0. The van der Waals surface area contributed by atoms with Crippen LogP contribution < -0.4 is 4.74 Å². The van der Waals surface area contributed by atoms with Crippen LogP contribution in [0.1, 0.15) is 18.4 Å². The number of piperidine rings is 1. The summed E-state index contributed by atoms with van der Waals surface area (Å²) in [5, 5.41) is 1.15. The third-order valence-corrected chi connectivity index (χ3v) is 5.84. The Morgan fingerprint density at radius 2 is 1.96 bits per heavy atom. The minimum absolute atomic E-state index is 0.00629. The van der Waals surface area contributed by atoms with Gasteiger partial charge in [-0.05, 0) is 29.8 Å². The molecule has 1 fully saturated rings. The maximum Gasteiger partial charge on any atom is 0.274 e. The number of nitrogens with zero attached hydrogens (tertiary/aromatic N) is 2. The first kappa shape index (κ1) is 18.2. The second-order valence-electron chi connectivity index (χ2n) is 6.57. The molecule has 1 aromatic heterocycles. The van der Waals surface area contributed by atoms with Crippen LogP contribution in [-0.4, -0.2) is 35.0 Å². The molecular formula is C20H18ClFN2O2S. The predicted octanol–water partition coefficient (Wildman–Crippen LogP) is 4.70. The monoisotopic (exact) mass is 404 g/mol. The maximum atomic E-state index is 13.8. The molecule has 0 radical (unpaired) electrons. The van der Waals surface area contributed by atoms with Crippen LogP contribution in [0, 0.1) is 5.82 Å². The van der Waals surface area contributed by atoms with Crippen molar-refractivity contribution in [3.8, 4) is 5.19 Å². The van der Waals surface area contributed by atoms with Gasteiger partial charge in [-0.25, -0.2) is 4.39 Å². The van der Waals surface area contributed by atoms with Gasteiger partial charge in [0.25, 0.3) is 5.19 Å². The summed E-state index contributed by atoms with van der Waals surface area (Å²) >= 11 is 7.23. The topological polar surface area (TPSA) is 42.4 Å². The van der Waals surface area contributed by atoms with E-state index in [1.165, 1.54) is 17.4 Å². The minimum Gasteiger partial charge on any atom is -0.467 e. The highest BCUT2D eigenvalue weighted by Gasteiger charge is 2.25. The largest absolute Gasteiger partial charge is 0.467 e. The number of para-hydroxylation sites is 1. The lowest BCUT2D eigenvalue weighted by atomic mass is 10.1. The third-order valence-electron chi connectivity index (χ3n) is 4.68. The number of fused-ring (bicyclic) bond motifs is 1. The predicted molar refractivity (Wildman–Crippen MR) is 105 cm³/mol. The van der Waals surface area contributed by atoms with E-state index in [0.29, 0.717) is 35.2 Å². The number of benzene rings is 2. The van der Waals surface area contributed by atoms with Gasteiger partial charge in [0.2, 0.25) is 5.91 Å². The molecule has 1 aliphatic heterocycles. The number of rotatable bonds is 4. The van der Waals surface area contributed by atoms with Gasteiger partial charge in [-0.1, -0.05) is 41.1 Å². The first-order chi connectivity index (χ1) is 13.1. The summed E-state index contributed by atoms with van der Waals surface area (Å²) in [6.45, 7) is 1.30. The van der Waals surface area contributed by atoms with Crippen molar-refractivity contribution < 1.29 is 13.9 Å². The Balaban J connectivity index is 1.32.